The van der Waals surface area contributed by atoms with Crippen LogP contribution in [-0.4, -0.2) is 14.3 Å². The first-order valence-corrected chi connectivity index (χ1v) is 8.56. The third-order valence-electron chi connectivity index (χ3n) is 5.00. The summed E-state index contributed by atoms with van der Waals surface area (Å²) in [4.78, 5) is 13.0. The lowest BCUT2D eigenvalue weighted by Crippen LogP contribution is -2.26. The first-order valence-electron chi connectivity index (χ1n) is 8.56. The van der Waals surface area contributed by atoms with E-state index < -0.39 is 0 Å². The molecule has 0 aliphatic carbocycles. The normalized spacial score (nSPS) is 16.2. The van der Waals surface area contributed by atoms with E-state index in [-0.39, 0.29) is 11.7 Å². The van der Waals surface area contributed by atoms with Crippen molar-refractivity contribution in [2.75, 3.05) is 0 Å². The van der Waals surface area contributed by atoms with Gasteiger partial charge in [-0.3, -0.25) is 4.57 Å². The first-order chi connectivity index (χ1) is 12.3. The highest BCUT2D eigenvalue weighted by molar-refractivity contribution is 5.84. The second kappa shape index (κ2) is 5.45. The zero-order valence-corrected chi connectivity index (χ0v) is 13.7. The Morgan fingerprint density at radius 1 is 0.880 bits per heavy atom. The Morgan fingerprint density at radius 3 is 2.48 bits per heavy atom. The van der Waals surface area contributed by atoms with E-state index in [0.717, 1.165) is 35.1 Å². The van der Waals surface area contributed by atoms with Gasteiger partial charge in [-0.2, -0.15) is 4.68 Å². The highest BCUT2D eigenvalue weighted by Gasteiger charge is 2.29. The van der Waals surface area contributed by atoms with E-state index in [2.05, 4.69) is 29.4 Å². The monoisotopic (exact) mass is 327 g/mol. The van der Waals surface area contributed by atoms with Crippen LogP contribution in [0.2, 0.25) is 0 Å². The zero-order chi connectivity index (χ0) is 16.8. The molecule has 0 N–H and O–H groups in total. The minimum atomic E-state index is -0.0587. The van der Waals surface area contributed by atoms with Gasteiger partial charge in [-0.15, -0.1) is 5.10 Å². The molecule has 122 valence electrons. The summed E-state index contributed by atoms with van der Waals surface area (Å²) in [5.41, 5.74) is 1.93. The summed E-state index contributed by atoms with van der Waals surface area (Å²) >= 11 is 0. The number of hydrogen-bond acceptors (Lipinski definition) is 2. The van der Waals surface area contributed by atoms with E-state index in [1.165, 1.54) is 10.2 Å². The van der Waals surface area contributed by atoms with Crippen LogP contribution in [0.4, 0.5) is 0 Å². The fourth-order valence-electron chi connectivity index (χ4n) is 3.76. The van der Waals surface area contributed by atoms with Crippen molar-refractivity contribution in [3.8, 4) is 5.69 Å². The molecule has 1 aliphatic rings. The van der Waals surface area contributed by atoms with Crippen LogP contribution in [0.1, 0.15) is 23.9 Å². The molecule has 0 fully saturated rings. The molecule has 0 unspecified atom stereocenters. The summed E-state index contributed by atoms with van der Waals surface area (Å²) in [6.07, 6.45) is 1.76. The van der Waals surface area contributed by atoms with Gasteiger partial charge in [0.05, 0.1) is 11.7 Å². The summed E-state index contributed by atoms with van der Waals surface area (Å²) in [6, 6.07) is 24.5. The van der Waals surface area contributed by atoms with E-state index in [9.17, 15) is 4.79 Å². The van der Waals surface area contributed by atoms with E-state index in [1.54, 1.807) is 0 Å². The molecule has 1 aliphatic heterocycles. The maximum Gasteiger partial charge on any atom is 0.351 e. The summed E-state index contributed by atoms with van der Waals surface area (Å²) < 4.78 is 3.39. The quantitative estimate of drug-likeness (QED) is 0.563. The maximum atomic E-state index is 13.0. The van der Waals surface area contributed by atoms with Gasteiger partial charge >= 0.3 is 5.69 Å². The Morgan fingerprint density at radius 2 is 1.64 bits per heavy atom. The second-order valence-corrected chi connectivity index (χ2v) is 6.48. The van der Waals surface area contributed by atoms with Crippen LogP contribution in [-0.2, 0) is 6.42 Å². The Kier molecular flexibility index (Phi) is 3.10. The molecular formula is C21H17N3O. The fourth-order valence-corrected chi connectivity index (χ4v) is 3.76. The third kappa shape index (κ3) is 2.22. The van der Waals surface area contributed by atoms with Crippen molar-refractivity contribution in [1.82, 2.24) is 14.3 Å². The number of aryl methyl sites for hydroxylation is 1. The zero-order valence-electron chi connectivity index (χ0n) is 13.7. The molecule has 0 radical (unpaired) electrons. The lowest BCUT2D eigenvalue weighted by Gasteiger charge is -2.12. The second-order valence-electron chi connectivity index (χ2n) is 6.48. The lowest BCUT2D eigenvalue weighted by molar-refractivity contribution is 0.588. The molecule has 1 atom stereocenters. The highest BCUT2D eigenvalue weighted by Crippen LogP contribution is 2.29. The molecule has 0 bridgehead atoms. The predicted molar refractivity (Wildman–Crippen MR) is 98.2 cm³/mol. The van der Waals surface area contributed by atoms with Crippen molar-refractivity contribution in [2.45, 2.75) is 18.9 Å². The van der Waals surface area contributed by atoms with Crippen molar-refractivity contribution in [3.05, 3.63) is 94.7 Å². The Balaban J connectivity index is 1.64. The molecule has 2 heterocycles. The van der Waals surface area contributed by atoms with Crippen LogP contribution in [0.15, 0.2) is 77.6 Å². The van der Waals surface area contributed by atoms with Gasteiger partial charge in [0.25, 0.3) is 0 Å². The van der Waals surface area contributed by atoms with Crippen LogP contribution >= 0.6 is 0 Å². The number of benzene rings is 3. The minimum absolute atomic E-state index is 0.0587. The van der Waals surface area contributed by atoms with Gasteiger partial charge in [-0.1, -0.05) is 60.7 Å². The average Bonchev–Trinajstić information content (AvgIpc) is 3.23. The molecule has 4 aromatic rings. The van der Waals surface area contributed by atoms with Crippen LogP contribution in [0.25, 0.3) is 16.5 Å². The van der Waals surface area contributed by atoms with Crippen LogP contribution in [0, 0.1) is 0 Å². The minimum Gasteiger partial charge on any atom is -0.271 e. The Labute approximate surface area is 145 Å². The third-order valence-corrected chi connectivity index (χ3v) is 5.00. The standard InChI is InChI=1S/C21H17N3O/c25-21-23-19(16-7-2-1-3-8-16)12-13-20(23)22-24(21)18-11-10-15-6-4-5-9-17(15)14-18/h1-11,14,19H,12-13H2/t19-/m0/s1. The summed E-state index contributed by atoms with van der Waals surface area (Å²) in [6.45, 7) is 0. The van der Waals surface area contributed by atoms with Crippen molar-refractivity contribution in [2.24, 2.45) is 0 Å². The lowest BCUT2D eigenvalue weighted by atomic mass is 10.1. The summed E-state index contributed by atoms with van der Waals surface area (Å²) in [7, 11) is 0. The van der Waals surface area contributed by atoms with Crippen molar-refractivity contribution in [1.29, 1.82) is 0 Å². The highest BCUT2D eigenvalue weighted by atomic mass is 16.2. The number of nitrogens with zero attached hydrogens (tertiary/aromatic N) is 3. The number of fused-ring (bicyclic) bond motifs is 2. The van der Waals surface area contributed by atoms with Gasteiger partial charge in [-0.25, -0.2) is 4.79 Å². The van der Waals surface area contributed by atoms with E-state index >= 15 is 0 Å². The number of hydrogen-bond donors (Lipinski definition) is 0. The van der Waals surface area contributed by atoms with E-state index in [0.29, 0.717) is 0 Å². The summed E-state index contributed by atoms with van der Waals surface area (Å²) in [5, 5.41) is 6.88. The maximum absolute atomic E-state index is 13.0. The molecule has 0 amide bonds. The van der Waals surface area contributed by atoms with Gasteiger partial charge in [-0.05, 0) is 34.9 Å². The van der Waals surface area contributed by atoms with Crippen molar-refractivity contribution in [3.63, 3.8) is 0 Å². The van der Waals surface area contributed by atoms with Gasteiger partial charge < -0.3 is 0 Å². The van der Waals surface area contributed by atoms with Gasteiger partial charge in [0.2, 0.25) is 0 Å². The number of aromatic nitrogens is 3. The predicted octanol–water partition coefficient (Wildman–Crippen LogP) is 3.72. The SMILES string of the molecule is O=c1n(-c2ccc3ccccc3c2)nc2n1[C@H](c1ccccc1)CC2. The average molecular weight is 327 g/mol. The molecule has 0 saturated heterocycles. The van der Waals surface area contributed by atoms with E-state index in [4.69, 9.17) is 0 Å². The van der Waals surface area contributed by atoms with Crippen molar-refractivity contribution >= 4 is 10.8 Å². The largest absolute Gasteiger partial charge is 0.351 e. The van der Waals surface area contributed by atoms with Crippen LogP contribution in [0.3, 0.4) is 0 Å². The van der Waals surface area contributed by atoms with Gasteiger partial charge in [0.1, 0.15) is 5.82 Å². The van der Waals surface area contributed by atoms with Crippen LogP contribution < -0.4 is 5.69 Å². The smallest absolute Gasteiger partial charge is 0.271 e. The first kappa shape index (κ1) is 14.2. The molecule has 3 aromatic carbocycles. The molecule has 4 nitrogen and oxygen atoms in total. The summed E-state index contributed by atoms with van der Waals surface area (Å²) in [5.74, 6) is 0.868. The van der Waals surface area contributed by atoms with E-state index in [1.807, 2.05) is 53.1 Å². The Bertz CT molecular complexity index is 1120. The van der Waals surface area contributed by atoms with Crippen LogP contribution in [0.5, 0.6) is 0 Å². The molecule has 25 heavy (non-hydrogen) atoms. The number of rotatable bonds is 2. The molecule has 0 spiro atoms. The molecule has 4 heteroatoms. The molecular weight excluding hydrogens is 310 g/mol. The molecule has 1 aromatic heterocycles. The van der Waals surface area contributed by atoms with Crippen molar-refractivity contribution < 1.29 is 0 Å². The molecule has 5 rings (SSSR count). The Hall–Kier alpha value is -3.14. The van der Waals surface area contributed by atoms with Gasteiger partial charge in [0.15, 0.2) is 0 Å². The molecule has 0 saturated carbocycles. The fraction of sp³-hybridized carbons (Fsp3) is 0.143. The van der Waals surface area contributed by atoms with Gasteiger partial charge in [0, 0.05) is 6.42 Å². The topological polar surface area (TPSA) is 39.8 Å².